The fraction of sp³-hybridized carbons (Fsp3) is 0.344. The topological polar surface area (TPSA) is 57.7 Å². The summed E-state index contributed by atoms with van der Waals surface area (Å²) in [5, 5.41) is 0. The Morgan fingerprint density at radius 1 is 0.763 bits per heavy atom. The molecule has 3 aromatic rings. The summed E-state index contributed by atoms with van der Waals surface area (Å²) in [6.45, 7) is 5.66. The van der Waals surface area contributed by atoms with Gasteiger partial charge in [0.1, 0.15) is 5.82 Å². The first-order chi connectivity index (χ1) is 18.1. The molecule has 5 nitrogen and oxygen atoms in total. The van der Waals surface area contributed by atoms with Crippen LogP contribution in [0.25, 0.3) is 0 Å². The number of nitrogens with zero attached hydrogens (tertiary/aromatic N) is 2. The highest BCUT2D eigenvalue weighted by Gasteiger charge is 2.52. The molecule has 0 saturated carbocycles. The lowest BCUT2D eigenvalue weighted by Gasteiger charge is -2.51. The fourth-order valence-corrected chi connectivity index (χ4v) is 5.92. The number of rotatable bonds is 7. The second-order valence-corrected chi connectivity index (χ2v) is 10.4. The van der Waals surface area contributed by atoms with Gasteiger partial charge in [-0.3, -0.25) is 19.3 Å². The lowest BCUT2D eigenvalue weighted by molar-refractivity contribution is -0.132. The van der Waals surface area contributed by atoms with Gasteiger partial charge in [0, 0.05) is 55.1 Å². The van der Waals surface area contributed by atoms with Gasteiger partial charge in [0.05, 0.1) is 6.54 Å². The summed E-state index contributed by atoms with van der Waals surface area (Å²) in [7, 11) is 3.39. The maximum absolute atomic E-state index is 14.9. The van der Waals surface area contributed by atoms with Crippen LogP contribution in [0.5, 0.6) is 0 Å². The molecule has 6 heteroatoms. The van der Waals surface area contributed by atoms with E-state index < -0.39 is 17.8 Å². The molecule has 1 aliphatic rings. The van der Waals surface area contributed by atoms with E-state index in [1.54, 1.807) is 51.4 Å². The van der Waals surface area contributed by atoms with E-state index in [1.165, 1.54) is 11.0 Å². The van der Waals surface area contributed by atoms with Gasteiger partial charge in [-0.25, -0.2) is 4.39 Å². The van der Waals surface area contributed by atoms with Crippen LogP contribution >= 0.6 is 0 Å². The number of Topliss-reactive ketones (excluding diaryl/α,β-unsaturated/α-hetero) is 2. The average Bonchev–Trinajstić information content (AvgIpc) is 2.92. The number of likely N-dealkylation sites (tertiary alicyclic amines) is 1. The van der Waals surface area contributed by atoms with Crippen LogP contribution in [0.2, 0.25) is 0 Å². The molecule has 198 valence electrons. The Balaban J connectivity index is 1.95. The molecule has 0 N–H and O–H groups in total. The van der Waals surface area contributed by atoms with E-state index in [0.29, 0.717) is 22.3 Å². The molecule has 0 aliphatic carbocycles. The van der Waals surface area contributed by atoms with E-state index in [2.05, 4.69) is 0 Å². The first-order valence-corrected chi connectivity index (χ1v) is 13.0. The standard InChI is InChI=1S/C32H35FN2O3/c1-20-25(17-12-18-26(20)33)30-28(31(37)23-13-8-6-9-14-23)21(2)35(19-27(36)34(4)5)22(3)29(30)32(38)24-15-10-7-11-16-24/h6-18,21-22,28-30H,19H2,1-5H3. The maximum atomic E-state index is 14.9. The van der Waals surface area contributed by atoms with Gasteiger partial charge in [0.25, 0.3) is 0 Å². The van der Waals surface area contributed by atoms with Gasteiger partial charge in [-0.15, -0.1) is 0 Å². The van der Waals surface area contributed by atoms with Crippen molar-refractivity contribution in [1.82, 2.24) is 9.80 Å². The molecule has 4 rings (SSSR count). The van der Waals surface area contributed by atoms with Gasteiger partial charge in [-0.1, -0.05) is 72.8 Å². The minimum atomic E-state index is -0.679. The van der Waals surface area contributed by atoms with Gasteiger partial charge in [-0.05, 0) is 38.0 Å². The van der Waals surface area contributed by atoms with Crippen molar-refractivity contribution in [3.63, 3.8) is 0 Å². The molecule has 4 unspecified atom stereocenters. The zero-order valence-electron chi connectivity index (χ0n) is 22.6. The first-order valence-electron chi connectivity index (χ1n) is 13.0. The van der Waals surface area contributed by atoms with Gasteiger partial charge in [0.2, 0.25) is 5.91 Å². The normalized spacial score (nSPS) is 23.6. The molecule has 38 heavy (non-hydrogen) atoms. The third-order valence-corrected chi connectivity index (χ3v) is 8.07. The van der Waals surface area contributed by atoms with E-state index in [-0.39, 0.29) is 41.9 Å². The van der Waals surface area contributed by atoms with E-state index in [0.717, 1.165) is 0 Å². The van der Waals surface area contributed by atoms with Crippen LogP contribution in [0, 0.1) is 24.6 Å². The number of amides is 1. The van der Waals surface area contributed by atoms with Crippen molar-refractivity contribution in [3.05, 3.63) is 107 Å². The summed E-state index contributed by atoms with van der Waals surface area (Å²) in [5.41, 5.74) is 2.16. The third kappa shape index (κ3) is 5.18. The summed E-state index contributed by atoms with van der Waals surface area (Å²) < 4.78 is 14.9. The molecule has 3 aromatic carbocycles. The molecular formula is C32H35FN2O3. The quantitative estimate of drug-likeness (QED) is 0.397. The van der Waals surface area contributed by atoms with Crippen molar-refractivity contribution in [3.8, 4) is 0 Å². The van der Waals surface area contributed by atoms with Crippen LogP contribution in [0.15, 0.2) is 78.9 Å². The molecule has 1 heterocycles. The minimum Gasteiger partial charge on any atom is -0.348 e. The molecule has 4 atom stereocenters. The van der Waals surface area contributed by atoms with Crippen molar-refractivity contribution in [2.75, 3.05) is 20.6 Å². The Hall–Kier alpha value is -3.64. The van der Waals surface area contributed by atoms with Crippen LogP contribution in [0.1, 0.15) is 51.6 Å². The zero-order valence-corrected chi connectivity index (χ0v) is 22.6. The summed E-state index contributed by atoms with van der Waals surface area (Å²) >= 11 is 0. The van der Waals surface area contributed by atoms with Crippen molar-refractivity contribution in [2.45, 2.75) is 38.8 Å². The van der Waals surface area contributed by atoms with Crippen LogP contribution in [0.4, 0.5) is 4.39 Å². The monoisotopic (exact) mass is 514 g/mol. The Morgan fingerprint density at radius 3 is 1.68 bits per heavy atom. The van der Waals surface area contributed by atoms with Gasteiger partial charge in [-0.2, -0.15) is 0 Å². The Labute approximate surface area is 224 Å². The van der Waals surface area contributed by atoms with E-state index >= 15 is 0 Å². The zero-order chi connectivity index (χ0) is 27.6. The lowest BCUT2D eigenvalue weighted by Crippen LogP contribution is -2.61. The van der Waals surface area contributed by atoms with Crippen LogP contribution in [-0.2, 0) is 4.79 Å². The van der Waals surface area contributed by atoms with Crippen molar-refractivity contribution in [2.24, 2.45) is 11.8 Å². The average molecular weight is 515 g/mol. The molecule has 0 radical (unpaired) electrons. The first kappa shape index (κ1) is 27.4. The number of hydrogen-bond acceptors (Lipinski definition) is 4. The van der Waals surface area contributed by atoms with Crippen molar-refractivity contribution < 1.29 is 18.8 Å². The molecule has 1 saturated heterocycles. The molecule has 0 bridgehead atoms. The molecule has 1 fully saturated rings. The second kappa shape index (κ2) is 11.4. The fourth-order valence-electron chi connectivity index (χ4n) is 5.92. The number of halogens is 1. The van der Waals surface area contributed by atoms with Crippen molar-refractivity contribution in [1.29, 1.82) is 0 Å². The van der Waals surface area contributed by atoms with Crippen LogP contribution in [0.3, 0.4) is 0 Å². The Morgan fingerprint density at radius 2 is 1.24 bits per heavy atom. The Bertz CT molecular complexity index is 1240. The van der Waals surface area contributed by atoms with E-state index in [9.17, 15) is 18.8 Å². The number of carbonyl (C=O) groups is 3. The summed E-state index contributed by atoms with van der Waals surface area (Å²) in [6.07, 6.45) is 0. The maximum Gasteiger partial charge on any atom is 0.236 e. The number of carbonyl (C=O) groups excluding carboxylic acids is 3. The van der Waals surface area contributed by atoms with E-state index in [4.69, 9.17) is 0 Å². The number of piperidine rings is 1. The van der Waals surface area contributed by atoms with Crippen LogP contribution < -0.4 is 0 Å². The molecule has 1 aliphatic heterocycles. The largest absolute Gasteiger partial charge is 0.348 e. The minimum absolute atomic E-state index is 0.0708. The van der Waals surface area contributed by atoms with Crippen molar-refractivity contribution >= 4 is 17.5 Å². The lowest BCUT2D eigenvalue weighted by atomic mass is 9.62. The molecule has 0 spiro atoms. The predicted octanol–water partition coefficient (Wildman–Crippen LogP) is 5.40. The summed E-state index contributed by atoms with van der Waals surface area (Å²) in [5.74, 6) is -2.66. The highest BCUT2D eigenvalue weighted by atomic mass is 19.1. The summed E-state index contributed by atoms with van der Waals surface area (Å²) in [4.78, 5) is 44.9. The molecule has 1 amide bonds. The molecule has 0 aromatic heterocycles. The summed E-state index contributed by atoms with van der Waals surface area (Å²) in [6, 6.07) is 22.1. The highest BCUT2D eigenvalue weighted by Crippen LogP contribution is 2.47. The predicted molar refractivity (Wildman–Crippen MR) is 147 cm³/mol. The highest BCUT2D eigenvalue weighted by molar-refractivity contribution is 6.02. The Kier molecular flexibility index (Phi) is 8.22. The van der Waals surface area contributed by atoms with Gasteiger partial charge in [0.15, 0.2) is 11.6 Å². The number of ketones is 2. The second-order valence-electron chi connectivity index (χ2n) is 10.4. The number of hydrogen-bond donors (Lipinski definition) is 0. The van der Waals surface area contributed by atoms with Gasteiger partial charge < -0.3 is 4.90 Å². The SMILES string of the molecule is Cc1c(F)cccc1C1C(C(=O)c2ccccc2)C(C)N(CC(=O)N(C)C)C(C)C1C(=O)c1ccccc1. The third-order valence-electron chi connectivity index (χ3n) is 8.07. The van der Waals surface area contributed by atoms with E-state index in [1.807, 2.05) is 61.2 Å². The van der Waals surface area contributed by atoms with Gasteiger partial charge >= 0.3 is 0 Å². The number of likely N-dealkylation sites (N-methyl/N-ethyl adjacent to an activating group) is 1. The molecular weight excluding hydrogens is 479 g/mol. The number of benzene rings is 3. The smallest absolute Gasteiger partial charge is 0.236 e. The van der Waals surface area contributed by atoms with Crippen LogP contribution in [-0.4, -0.2) is 60.0 Å².